The molecule has 2 aromatic heterocycles. The van der Waals surface area contributed by atoms with Crippen molar-refractivity contribution in [1.82, 2.24) is 25.1 Å². The maximum absolute atomic E-state index is 13.1. The van der Waals surface area contributed by atoms with Crippen molar-refractivity contribution in [2.24, 2.45) is 0 Å². The Morgan fingerprint density at radius 1 is 1.11 bits per heavy atom. The number of halogens is 1. The Bertz CT molecular complexity index is 1260. The molecule has 3 rings (SSSR count). The van der Waals surface area contributed by atoms with Gasteiger partial charge < -0.3 is 20.1 Å². The number of carbonyl (C=O) groups excluding carboxylic acids is 2. The van der Waals surface area contributed by atoms with Crippen LogP contribution in [0.4, 0.5) is 5.69 Å². The molecule has 0 spiro atoms. The topological polar surface area (TPSA) is 120 Å². The number of nitrogens with zero attached hydrogens (tertiary/aromatic N) is 4. The van der Waals surface area contributed by atoms with E-state index in [4.69, 9.17) is 21.1 Å². The van der Waals surface area contributed by atoms with E-state index in [1.807, 2.05) is 11.5 Å². The fraction of sp³-hybridized carbons (Fsp3) is 0.375. The van der Waals surface area contributed by atoms with Crippen molar-refractivity contribution in [3.05, 3.63) is 52.6 Å². The van der Waals surface area contributed by atoms with E-state index in [1.165, 1.54) is 26.4 Å². The number of aryl methyl sites for hydroxylation is 1. The first kappa shape index (κ1) is 27.3. The summed E-state index contributed by atoms with van der Waals surface area (Å²) < 4.78 is 13.3. The van der Waals surface area contributed by atoms with Crippen molar-refractivity contribution in [3.8, 4) is 17.1 Å². The number of aromatic nitrogens is 4. The molecular formula is C24H31ClN6O4Si. The van der Waals surface area contributed by atoms with Crippen LogP contribution >= 0.6 is 11.6 Å². The average Bonchev–Trinajstić information content (AvgIpc) is 3.20. The maximum atomic E-state index is 13.1. The number of rotatable bonds is 10. The zero-order valence-electron chi connectivity index (χ0n) is 21.3. The lowest BCUT2D eigenvalue weighted by Gasteiger charge is -2.16. The summed E-state index contributed by atoms with van der Waals surface area (Å²) in [6, 6.07) is 7.59. The Kier molecular flexibility index (Phi) is 8.82. The number of benzene rings is 1. The first-order valence-electron chi connectivity index (χ1n) is 11.4. The smallest absolute Gasteiger partial charge is 0.259 e. The summed E-state index contributed by atoms with van der Waals surface area (Å²) in [4.78, 5) is 29.2. The van der Waals surface area contributed by atoms with Crippen molar-refractivity contribution >= 4 is 37.2 Å². The van der Waals surface area contributed by atoms with Crippen LogP contribution in [-0.2, 0) is 11.5 Å². The van der Waals surface area contributed by atoms with E-state index in [-0.39, 0.29) is 22.0 Å². The molecule has 0 fully saturated rings. The molecule has 12 heteroatoms. The molecule has 0 saturated carbocycles. The van der Waals surface area contributed by atoms with E-state index in [0.717, 1.165) is 17.4 Å². The second-order valence-electron chi connectivity index (χ2n) is 9.35. The minimum absolute atomic E-state index is 0.141. The highest BCUT2D eigenvalue weighted by Crippen LogP contribution is 2.28. The molecule has 2 heterocycles. The summed E-state index contributed by atoms with van der Waals surface area (Å²) in [7, 11) is 1.77. The molecule has 0 aliphatic heterocycles. The van der Waals surface area contributed by atoms with Crippen LogP contribution in [0.3, 0.4) is 0 Å². The Labute approximate surface area is 216 Å². The molecule has 0 saturated heterocycles. The van der Waals surface area contributed by atoms with Crippen LogP contribution in [0, 0.1) is 6.92 Å². The molecule has 2 amide bonds. The molecular weight excluding hydrogens is 500 g/mol. The number of pyridine rings is 1. The van der Waals surface area contributed by atoms with Crippen LogP contribution in [0.2, 0.25) is 30.8 Å². The number of carbonyl (C=O) groups is 2. The summed E-state index contributed by atoms with van der Waals surface area (Å²) in [5, 5.41) is 13.9. The first-order chi connectivity index (χ1) is 17.0. The quantitative estimate of drug-likeness (QED) is 0.228. The van der Waals surface area contributed by atoms with Gasteiger partial charge in [0.15, 0.2) is 5.82 Å². The lowest BCUT2D eigenvalue weighted by molar-refractivity contribution is 0.0866. The van der Waals surface area contributed by atoms with Gasteiger partial charge in [0.25, 0.3) is 11.8 Å². The third kappa shape index (κ3) is 6.68. The number of anilines is 1. The lowest BCUT2D eigenvalue weighted by atomic mass is 10.1. The van der Waals surface area contributed by atoms with E-state index in [1.54, 1.807) is 18.2 Å². The summed E-state index contributed by atoms with van der Waals surface area (Å²) in [5.41, 5.74) is 1.40. The van der Waals surface area contributed by atoms with Crippen molar-refractivity contribution in [3.63, 3.8) is 0 Å². The summed E-state index contributed by atoms with van der Waals surface area (Å²) in [6.45, 7) is 9.77. The van der Waals surface area contributed by atoms with Gasteiger partial charge in [-0.2, -0.15) is 0 Å². The van der Waals surface area contributed by atoms with E-state index in [2.05, 4.69) is 45.5 Å². The number of hydrogen-bond donors (Lipinski definition) is 2. The van der Waals surface area contributed by atoms with Gasteiger partial charge in [0.1, 0.15) is 23.5 Å². The van der Waals surface area contributed by atoms with Gasteiger partial charge in [0.05, 0.1) is 23.9 Å². The van der Waals surface area contributed by atoms with E-state index in [0.29, 0.717) is 24.9 Å². The number of amides is 2. The molecule has 3 aromatic rings. The SMILES string of the molecule is CNC(=O)c1cnc(Cl)cc1NC(=O)c1ccc(-c2nnc(C)n2COCC[Si](C)(C)C)cc1OC. The highest BCUT2D eigenvalue weighted by Gasteiger charge is 2.20. The van der Waals surface area contributed by atoms with Gasteiger partial charge in [-0.05, 0) is 31.2 Å². The van der Waals surface area contributed by atoms with Gasteiger partial charge in [0.2, 0.25) is 0 Å². The minimum Gasteiger partial charge on any atom is -0.496 e. The lowest BCUT2D eigenvalue weighted by Crippen LogP contribution is -2.22. The third-order valence-electron chi connectivity index (χ3n) is 5.45. The van der Waals surface area contributed by atoms with Gasteiger partial charge in [-0.15, -0.1) is 10.2 Å². The molecule has 0 radical (unpaired) electrons. The van der Waals surface area contributed by atoms with Crippen molar-refractivity contribution in [2.45, 2.75) is 39.3 Å². The zero-order valence-corrected chi connectivity index (χ0v) is 23.1. The van der Waals surface area contributed by atoms with Crippen LogP contribution in [0.1, 0.15) is 26.5 Å². The van der Waals surface area contributed by atoms with Crippen molar-refractivity contribution in [2.75, 3.05) is 26.1 Å². The van der Waals surface area contributed by atoms with Gasteiger partial charge in [-0.25, -0.2) is 4.98 Å². The van der Waals surface area contributed by atoms with Crippen LogP contribution in [0.5, 0.6) is 5.75 Å². The van der Waals surface area contributed by atoms with Crippen molar-refractivity contribution in [1.29, 1.82) is 0 Å². The largest absolute Gasteiger partial charge is 0.496 e. The maximum Gasteiger partial charge on any atom is 0.259 e. The summed E-state index contributed by atoms with van der Waals surface area (Å²) in [6.07, 6.45) is 1.30. The number of nitrogens with one attached hydrogen (secondary N) is 2. The fourth-order valence-corrected chi connectivity index (χ4v) is 4.25. The second kappa shape index (κ2) is 11.6. The minimum atomic E-state index is -1.20. The van der Waals surface area contributed by atoms with Crippen molar-refractivity contribution < 1.29 is 19.1 Å². The van der Waals surface area contributed by atoms with Crippen LogP contribution in [0.15, 0.2) is 30.5 Å². The molecule has 36 heavy (non-hydrogen) atoms. The van der Waals surface area contributed by atoms with E-state index >= 15 is 0 Å². The predicted octanol–water partition coefficient (Wildman–Crippen LogP) is 4.23. The predicted molar refractivity (Wildman–Crippen MR) is 141 cm³/mol. The highest BCUT2D eigenvalue weighted by molar-refractivity contribution is 6.76. The second-order valence-corrected chi connectivity index (χ2v) is 15.4. The monoisotopic (exact) mass is 530 g/mol. The van der Waals surface area contributed by atoms with Crippen LogP contribution < -0.4 is 15.4 Å². The van der Waals surface area contributed by atoms with Crippen LogP contribution in [-0.4, -0.2) is 60.4 Å². The standard InChI is InChI=1S/C24H31ClN6O4Si/c1-15-29-30-22(31(15)14-35-9-10-36(4,5)6)16-7-8-17(20(11-16)34-3)24(33)28-19-12-21(25)27-13-18(19)23(32)26-2/h7-8,11-13H,9-10,14H2,1-6H3,(H,26,32)(H,27,28,33). The Balaban J connectivity index is 1.84. The highest BCUT2D eigenvalue weighted by atomic mass is 35.5. The van der Waals surface area contributed by atoms with Gasteiger partial charge in [-0.3, -0.25) is 14.2 Å². The van der Waals surface area contributed by atoms with Crippen LogP contribution in [0.25, 0.3) is 11.4 Å². The summed E-state index contributed by atoms with van der Waals surface area (Å²) in [5.74, 6) is 0.777. The van der Waals surface area contributed by atoms with Gasteiger partial charge in [-0.1, -0.05) is 37.3 Å². The zero-order chi connectivity index (χ0) is 26.5. The normalized spacial score (nSPS) is 11.3. The van der Waals surface area contributed by atoms with E-state index in [9.17, 15) is 9.59 Å². The molecule has 0 unspecified atom stereocenters. The third-order valence-corrected chi connectivity index (χ3v) is 7.36. The number of ether oxygens (including phenoxy) is 2. The Morgan fingerprint density at radius 2 is 1.86 bits per heavy atom. The molecule has 10 nitrogen and oxygen atoms in total. The molecule has 0 atom stereocenters. The molecule has 0 aliphatic carbocycles. The number of methoxy groups -OCH3 is 1. The summed E-state index contributed by atoms with van der Waals surface area (Å²) >= 11 is 5.98. The molecule has 0 aliphatic rings. The molecule has 1 aromatic carbocycles. The number of hydrogen-bond acceptors (Lipinski definition) is 7. The fourth-order valence-electron chi connectivity index (χ4n) is 3.34. The molecule has 2 N–H and O–H groups in total. The van der Waals surface area contributed by atoms with Gasteiger partial charge >= 0.3 is 0 Å². The molecule has 192 valence electrons. The Morgan fingerprint density at radius 3 is 2.53 bits per heavy atom. The first-order valence-corrected chi connectivity index (χ1v) is 15.5. The van der Waals surface area contributed by atoms with Gasteiger partial charge in [0, 0.05) is 33.5 Å². The average molecular weight is 531 g/mol. The Hall–Kier alpha value is -3.28. The van der Waals surface area contributed by atoms with E-state index < -0.39 is 19.9 Å². The molecule has 0 bridgehead atoms.